The van der Waals surface area contributed by atoms with Crippen molar-refractivity contribution in [1.82, 2.24) is 0 Å². The zero-order chi connectivity index (χ0) is 25.9. The smallest absolute Gasteiger partial charge is 0.306 e. The second-order valence-electron chi connectivity index (χ2n) is 12.8. The molecular weight excluding hydrogens is 460 g/mol. The number of carbonyl (C=O) groups is 3. The first kappa shape index (κ1) is 26.1. The Bertz CT molecular complexity index is 951. The predicted octanol–water partition coefficient (Wildman–Crippen LogP) is 3.27. The van der Waals surface area contributed by atoms with E-state index in [1.54, 1.807) is 6.08 Å². The van der Waals surface area contributed by atoms with Crippen molar-refractivity contribution in [2.45, 2.75) is 109 Å². The maximum absolute atomic E-state index is 12.7. The van der Waals surface area contributed by atoms with Crippen LogP contribution in [0.5, 0.6) is 0 Å². The number of aliphatic hydroxyl groups excluding tert-OH is 2. The van der Waals surface area contributed by atoms with Crippen LogP contribution in [0.1, 0.15) is 90.9 Å². The van der Waals surface area contributed by atoms with Gasteiger partial charge in [-0.25, -0.2) is 0 Å². The van der Waals surface area contributed by atoms with Gasteiger partial charge in [-0.05, 0) is 99.4 Å². The number of hydrogen-bond acceptors (Lipinski definition) is 7. The summed E-state index contributed by atoms with van der Waals surface area (Å²) in [5.41, 5.74) is -1.76. The fourth-order valence-corrected chi connectivity index (χ4v) is 9.41. The molecule has 0 aromatic heterocycles. The number of ketones is 2. The molecule has 0 heterocycles. The molecule has 3 N–H and O–H groups in total. The van der Waals surface area contributed by atoms with Crippen molar-refractivity contribution >= 4 is 17.5 Å². The number of rotatable bonds is 6. The topological polar surface area (TPSA) is 121 Å². The summed E-state index contributed by atoms with van der Waals surface area (Å²) in [4.78, 5) is 38.0. The lowest BCUT2D eigenvalue weighted by Crippen LogP contribution is -2.63. The van der Waals surface area contributed by atoms with Gasteiger partial charge in [-0.15, -0.1) is 0 Å². The summed E-state index contributed by atoms with van der Waals surface area (Å²) in [5.74, 6) is -0.672. The summed E-state index contributed by atoms with van der Waals surface area (Å²) in [7, 11) is 0. The van der Waals surface area contributed by atoms with Gasteiger partial charge < -0.3 is 20.1 Å². The summed E-state index contributed by atoms with van der Waals surface area (Å²) in [5, 5.41) is 32.7. The van der Waals surface area contributed by atoms with E-state index in [2.05, 4.69) is 6.92 Å². The van der Waals surface area contributed by atoms with E-state index in [4.69, 9.17) is 4.74 Å². The first-order valence-corrected chi connectivity index (χ1v) is 14.0. The molecule has 1 unspecified atom stereocenters. The fraction of sp³-hybridized carbons (Fsp3) is 0.828. The Balaban J connectivity index is 1.40. The van der Waals surface area contributed by atoms with Crippen molar-refractivity contribution in [2.24, 2.45) is 34.5 Å². The van der Waals surface area contributed by atoms with Crippen molar-refractivity contribution in [3.8, 4) is 0 Å². The SMILES string of the molecule is C[C@]12C[C@H](O)[C@H]3[C@@H](CCC4=CC(=O)CC(CCC(=O)OC5CCCC5)[C@@]43C)[C@@H]1CC[C@]2(O)C(=O)CO. The zero-order valence-electron chi connectivity index (χ0n) is 21.7. The van der Waals surface area contributed by atoms with E-state index in [0.717, 1.165) is 44.1 Å². The molecule has 0 saturated heterocycles. The molecule has 5 aliphatic rings. The van der Waals surface area contributed by atoms with Crippen LogP contribution in [-0.2, 0) is 19.1 Å². The summed E-state index contributed by atoms with van der Waals surface area (Å²) in [6.45, 7) is 3.38. The Morgan fingerprint density at radius 2 is 1.86 bits per heavy atom. The average molecular weight is 503 g/mol. The molecule has 8 atom stereocenters. The van der Waals surface area contributed by atoms with Gasteiger partial charge in [0.25, 0.3) is 0 Å². The third-order valence-electron chi connectivity index (χ3n) is 11.3. The van der Waals surface area contributed by atoms with Crippen molar-refractivity contribution in [3.63, 3.8) is 0 Å². The minimum atomic E-state index is -1.62. The van der Waals surface area contributed by atoms with Gasteiger partial charge in [-0.2, -0.15) is 0 Å². The van der Waals surface area contributed by atoms with E-state index in [-0.39, 0.29) is 54.4 Å². The molecule has 0 bridgehead atoms. The van der Waals surface area contributed by atoms with E-state index in [1.807, 2.05) is 6.92 Å². The van der Waals surface area contributed by atoms with E-state index >= 15 is 0 Å². The monoisotopic (exact) mass is 502 g/mol. The summed E-state index contributed by atoms with van der Waals surface area (Å²) in [6.07, 6.45) is 9.12. The van der Waals surface area contributed by atoms with Crippen molar-refractivity contribution in [3.05, 3.63) is 11.6 Å². The Kier molecular flexibility index (Phi) is 6.74. The first-order valence-electron chi connectivity index (χ1n) is 14.0. The Morgan fingerprint density at radius 1 is 1.14 bits per heavy atom. The fourth-order valence-electron chi connectivity index (χ4n) is 9.41. The largest absolute Gasteiger partial charge is 0.462 e. The number of Topliss-reactive ketones (excluding diaryl/α,β-unsaturated/α-hetero) is 1. The molecule has 0 aromatic rings. The van der Waals surface area contributed by atoms with Crippen molar-refractivity contribution < 1.29 is 34.4 Å². The minimum absolute atomic E-state index is 0.0242. The van der Waals surface area contributed by atoms with Crippen LogP contribution in [0, 0.1) is 34.5 Å². The molecule has 0 radical (unpaired) electrons. The van der Waals surface area contributed by atoms with Crippen LogP contribution < -0.4 is 0 Å². The Hall–Kier alpha value is -1.57. The van der Waals surface area contributed by atoms with Crippen molar-refractivity contribution in [1.29, 1.82) is 0 Å². The predicted molar refractivity (Wildman–Crippen MR) is 132 cm³/mol. The normalized spacial score (nSPS) is 44.4. The second kappa shape index (κ2) is 9.32. The van der Waals surface area contributed by atoms with Gasteiger partial charge in [-0.3, -0.25) is 14.4 Å². The van der Waals surface area contributed by atoms with Crippen LogP contribution in [-0.4, -0.2) is 57.3 Å². The Morgan fingerprint density at radius 3 is 2.56 bits per heavy atom. The number of ether oxygens (including phenoxy) is 1. The number of hydrogen-bond donors (Lipinski definition) is 3. The first-order chi connectivity index (χ1) is 17.0. The number of aliphatic hydroxyl groups is 3. The highest BCUT2D eigenvalue weighted by Crippen LogP contribution is 2.68. The van der Waals surface area contributed by atoms with Gasteiger partial charge in [0.1, 0.15) is 18.3 Å². The standard InChI is InChI=1S/C29H42O7/c1-27-15-23(32)26-21(22(27)11-12-29(27,35)24(33)16-30)9-7-17-13-19(31)14-18(28(17,26)2)8-10-25(34)36-20-5-3-4-6-20/h13,18,20-23,26,30,32,35H,3-12,14-16H2,1-2H3/t18?,21-,22-,23-,26+,27-,28+,29-/m0/s1. The second-order valence-corrected chi connectivity index (χ2v) is 12.8. The van der Waals surface area contributed by atoms with Gasteiger partial charge >= 0.3 is 5.97 Å². The van der Waals surface area contributed by atoms with Gasteiger partial charge in [-0.1, -0.05) is 19.4 Å². The van der Waals surface area contributed by atoms with Crippen molar-refractivity contribution in [2.75, 3.05) is 6.61 Å². The number of allylic oxidation sites excluding steroid dienone is 1. The lowest BCUT2D eigenvalue weighted by atomic mass is 9.43. The summed E-state index contributed by atoms with van der Waals surface area (Å²) >= 11 is 0. The molecule has 5 rings (SSSR count). The molecule has 36 heavy (non-hydrogen) atoms. The Labute approximate surface area is 213 Å². The maximum Gasteiger partial charge on any atom is 0.306 e. The quantitative estimate of drug-likeness (QED) is 0.477. The van der Waals surface area contributed by atoms with E-state index in [0.29, 0.717) is 25.7 Å². The highest BCUT2D eigenvalue weighted by molar-refractivity contribution is 5.92. The maximum atomic E-state index is 12.7. The van der Waals surface area contributed by atoms with Gasteiger partial charge in [0.05, 0.1) is 6.10 Å². The highest BCUT2D eigenvalue weighted by Gasteiger charge is 2.69. The molecule has 0 aliphatic heterocycles. The van der Waals surface area contributed by atoms with Gasteiger partial charge in [0.2, 0.25) is 0 Å². The van der Waals surface area contributed by atoms with Crippen LogP contribution in [0.3, 0.4) is 0 Å². The number of esters is 1. The molecule has 0 amide bonds. The lowest BCUT2D eigenvalue weighted by Gasteiger charge is -2.62. The third-order valence-corrected chi connectivity index (χ3v) is 11.3. The molecule has 0 aromatic carbocycles. The summed E-state index contributed by atoms with van der Waals surface area (Å²) < 4.78 is 5.68. The van der Waals surface area contributed by atoms with Crippen LogP contribution in [0.4, 0.5) is 0 Å². The summed E-state index contributed by atoms with van der Waals surface area (Å²) in [6, 6.07) is 0. The zero-order valence-corrected chi connectivity index (χ0v) is 21.7. The molecular formula is C29H42O7. The van der Waals surface area contributed by atoms with E-state index in [9.17, 15) is 29.7 Å². The number of fused-ring (bicyclic) bond motifs is 5. The molecule has 0 spiro atoms. The van der Waals surface area contributed by atoms with Crippen LogP contribution >= 0.6 is 0 Å². The highest BCUT2D eigenvalue weighted by atomic mass is 16.5. The molecule has 7 heteroatoms. The van der Waals surface area contributed by atoms with Crippen LogP contribution in [0.15, 0.2) is 11.6 Å². The third kappa shape index (κ3) is 3.83. The molecule has 200 valence electrons. The van der Waals surface area contributed by atoms with Crippen LogP contribution in [0.2, 0.25) is 0 Å². The van der Waals surface area contributed by atoms with Gasteiger partial charge in [0, 0.05) is 18.3 Å². The van der Waals surface area contributed by atoms with Crippen LogP contribution in [0.25, 0.3) is 0 Å². The molecule has 4 saturated carbocycles. The van der Waals surface area contributed by atoms with Gasteiger partial charge in [0.15, 0.2) is 11.6 Å². The molecule has 4 fully saturated rings. The minimum Gasteiger partial charge on any atom is -0.462 e. The molecule has 5 aliphatic carbocycles. The van der Waals surface area contributed by atoms with E-state index < -0.39 is 34.9 Å². The molecule has 7 nitrogen and oxygen atoms in total. The lowest BCUT2D eigenvalue weighted by molar-refractivity contribution is -0.186. The van der Waals surface area contributed by atoms with E-state index in [1.165, 1.54) is 0 Å². The average Bonchev–Trinajstić information content (AvgIpc) is 3.43. The number of carbonyl (C=O) groups excluding carboxylic acids is 3.